The van der Waals surface area contributed by atoms with Gasteiger partial charge in [0.25, 0.3) is 5.91 Å². The third-order valence-corrected chi connectivity index (χ3v) is 4.77. The van der Waals surface area contributed by atoms with E-state index in [9.17, 15) is 4.79 Å². The van der Waals surface area contributed by atoms with Gasteiger partial charge >= 0.3 is 0 Å². The van der Waals surface area contributed by atoms with Crippen LogP contribution in [0.15, 0.2) is 48.5 Å². The Morgan fingerprint density at radius 3 is 2.56 bits per heavy atom. The number of nitrogens with one attached hydrogen (secondary N) is 1. The Bertz CT molecular complexity index is 726. The largest absolute Gasteiger partial charge is 0.369 e. The van der Waals surface area contributed by atoms with Crippen LogP contribution >= 0.6 is 11.6 Å². The highest BCUT2D eigenvalue weighted by Crippen LogP contribution is 2.17. The van der Waals surface area contributed by atoms with E-state index in [0.717, 1.165) is 32.7 Å². The van der Waals surface area contributed by atoms with Crippen LogP contribution in [0.3, 0.4) is 0 Å². The second-order valence-corrected chi connectivity index (χ2v) is 6.87. The Kier molecular flexibility index (Phi) is 5.95. The van der Waals surface area contributed by atoms with Crippen LogP contribution < -0.4 is 10.2 Å². The van der Waals surface area contributed by atoms with Crippen LogP contribution in [0.1, 0.15) is 15.9 Å². The molecule has 1 saturated heterocycles. The second-order valence-electron chi connectivity index (χ2n) is 6.43. The van der Waals surface area contributed by atoms with E-state index < -0.39 is 0 Å². The van der Waals surface area contributed by atoms with Crippen molar-refractivity contribution in [3.8, 4) is 0 Å². The minimum atomic E-state index is -0.0686. The SMILES string of the molecule is Cc1cccc(N2CCN(CCNC(=O)c3cccc(Cl)c3)CC2)c1. The molecule has 5 heteroatoms. The predicted molar refractivity (Wildman–Crippen MR) is 104 cm³/mol. The minimum absolute atomic E-state index is 0.0686. The molecule has 1 fully saturated rings. The van der Waals surface area contributed by atoms with Gasteiger partial charge in [0, 0.05) is 55.5 Å². The van der Waals surface area contributed by atoms with Crippen LogP contribution in [0.2, 0.25) is 5.02 Å². The summed E-state index contributed by atoms with van der Waals surface area (Å²) in [5.41, 5.74) is 3.20. The molecule has 0 aliphatic carbocycles. The van der Waals surface area contributed by atoms with Gasteiger partial charge in [-0.05, 0) is 42.8 Å². The highest BCUT2D eigenvalue weighted by atomic mass is 35.5. The van der Waals surface area contributed by atoms with E-state index >= 15 is 0 Å². The first kappa shape index (κ1) is 17.8. The third-order valence-electron chi connectivity index (χ3n) is 4.54. The monoisotopic (exact) mass is 357 g/mol. The number of rotatable bonds is 5. The van der Waals surface area contributed by atoms with Crippen molar-refractivity contribution in [2.24, 2.45) is 0 Å². The second kappa shape index (κ2) is 8.37. The van der Waals surface area contributed by atoms with Crippen molar-refractivity contribution in [3.05, 3.63) is 64.7 Å². The van der Waals surface area contributed by atoms with Gasteiger partial charge in [0.2, 0.25) is 0 Å². The molecule has 1 N–H and O–H groups in total. The first-order valence-electron chi connectivity index (χ1n) is 8.69. The topological polar surface area (TPSA) is 35.6 Å². The van der Waals surface area contributed by atoms with Gasteiger partial charge in [-0.15, -0.1) is 0 Å². The summed E-state index contributed by atoms with van der Waals surface area (Å²) < 4.78 is 0. The minimum Gasteiger partial charge on any atom is -0.369 e. The highest BCUT2D eigenvalue weighted by Gasteiger charge is 2.17. The number of anilines is 1. The molecule has 0 unspecified atom stereocenters. The van der Waals surface area contributed by atoms with Crippen LogP contribution in [0.5, 0.6) is 0 Å². The maximum Gasteiger partial charge on any atom is 0.251 e. The molecule has 0 saturated carbocycles. The summed E-state index contributed by atoms with van der Waals surface area (Å²) >= 11 is 5.93. The van der Waals surface area contributed by atoms with Gasteiger partial charge in [0.15, 0.2) is 0 Å². The molecule has 132 valence electrons. The smallest absolute Gasteiger partial charge is 0.251 e. The van der Waals surface area contributed by atoms with Crippen molar-refractivity contribution in [3.63, 3.8) is 0 Å². The normalized spacial score (nSPS) is 15.2. The third kappa shape index (κ3) is 4.97. The van der Waals surface area contributed by atoms with Gasteiger partial charge in [-0.25, -0.2) is 0 Å². The number of piperazine rings is 1. The first-order valence-corrected chi connectivity index (χ1v) is 9.07. The predicted octanol–water partition coefficient (Wildman–Crippen LogP) is 3.20. The molecule has 2 aromatic rings. The standard InChI is InChI=1S/C20H24ClN3O/c1-16-4-2-7-19(14-16)24-12-10-23(11-13-24)9-8-22-20(25)17-5-3-6-18(21)15-17/h2-7,14-15H,8-13H2,1H3,(H,22,25). The molecule has 4 nitrogen and oxygen atoms in total. The summed E-state index contributed by atoms with van der Waals surface area (Å²) in [4.78, 5) is 16.9. The number of aryl methyl sites for hydroxylation is 1. The zero-order valence-electron chi connectivity index (χ0n) is 14.5. The molecule has 1 aliphatic rings. The zero-order chi connectivity index (χ0) is 17.6. The van der Waals surface area contributed by atoms with Crippen LogP contribution in [0.25, 0.3) is 0 Å². The lowest BCUT2D eigenvalue weighted by molar-refractivity contribution is 0.0948. The summed E-state index contributed by atoms with van der Waals surface area (Å²) in [6, 6.07) is 15.7. The lowest BCUT2D eigenvalue weighted by atomic mass is 10.2. The summed E-state index contributed by atoms with van der Waals surface area (Å²) in [6.07, 6.45) is 0. The van der Waals surface area contributed by atoms with Gasteiger partial charge in [-0.1, -0.05) is 29.8 Å². The maximum absolute atomic E-state index is 12.1. The van der Waals surface area contributed by atoms with E-state index in [-0.39, 0.29) is 5.91 Å². The maximum atomic E-state index is 12.1. The summed E-state index contributed by atoms with van der Waals surface area (Å²) in [7, 11) is 0. The Balaban J connectivity index is 1.41. The number of hydrogen-bond acceptors (Lipinski definition) is 3. The molecule has 0 aromatic heterocycles. The number of amides is 1. The molecular weight excluding hydrogens is 334 g/mol. The van der Waals surface area contributed by atoms with E-state index in [1.54, 1.807) is 24.3 Å². The van der Waals surface area contributed by atoms with Gasteiger partial charge < -0.3 is 10.2 Å². The van der Waals surface area contributed by atoms with Crippen LogP contribution in [0.4, 0.5) is 5.69 Å². The van der Waals surface area contributed by atoms with Gasteiger partial charge in [-0.3, -0.25) is 9.69 Å². The van der Waals surface area contributed by atoms with Crippen molar-refractivity contribution in [2.75, 3.05) is 44.2 Å². The number of hydrogen-bond donors (Lipinski definition) is 1. The van der Waals surface area contributed by atoms with Gasteiger partial charge in [0.1, 0.15) is 0 Å². The molecule has 2 aromatic carbocycles. The summed E-state index contributed by atoms with van der Waals surface area (Å²) in [5.74, 6) is -0.0686. The lowest BCUT2D eigenvalue weighted by Gasteiger charge is -2.36. The fraction of sp³-hybridized carbons (Fsp3) is 0.350. The van der Waals surface area contributed by atoms with Crippen LogP contribution in [0, 0.1) is 6.92 Å². The van der Waals surface area contributed by atoms with E-state index in [4.69, 9.17) is 11.6 Å². The van der Waals surface area contributed by atoms with E-state index in [0.29, 0.717) is 17.1 Å². The Morgan fingerprint density at radius 2 is 1.84 bits per heavy atom. The number of halogens is 1. The molecular formula is C20H24ClN3O. The number of carbonyl (C=O) groups is 1. The van der Waals surface area contributed by atoms with Crippen molar-refractivity contribution in [1.82, 2.24) is 10.2 Å². The molecule has 1 aliphatic heterocycles. The Hall–Kier alpha value is -2.04. The Labute approximate surface area is 154 Å². The molecule has 0 spiro atoms. The van der Waals surface area contributed by atoms with E-state index in [1.165, 1.54) is 11.3 Å². The van der Waals surface area contributed by atoms with Crippen molar-refractivity contribution >= 4 is 23.2 Å². The van der Waals surface area contributed by atoms with Crippen LogP contribution in [-0.2, 0) is 0 Å². The molecule has 0 bridgehead atoms. The summed E-state index contributed by atoms with van der Waals surface area (Å²) in [6.45, 7) is 7.71. The first-order chi connectivity index (χ1) is 12.1. The quantitative estimate of drug-likeness (QED) is 0.892. The lowest BCUT2D eigenvalue weighted by Crippen LogP contribution is -2.48. The van der Waals surface area contributed by atoms with Crippen molar-refractivity contribution < 1.29 is 4.79 Å². The van der Waals surface area contributed by atoms with Crippen molar-refractivity contribution in [1.29, 1.82) is 0 Å². The summed E-state index contributed by atoms with van der Waals surface area (Å²) in [5, 5.41) is 3.55. The van der Waals surface area contributed by atoms with E-state index in [1.807, 2.05) is 0 Å². The van der Waals surface area contributed by atoms with E-state index in [2.05, 4.69) is 46.3 Å². The molecule has 25 heavy (non-hydrogen) atoms. The highest BCUT2D eigenvalue weighted by molar-refractivity contribution is 6.30. The Morgan fingerprint density at radius 1 is 1.08 bits per heavy atom. The average molecular weight is 358 g/mol. The van der Waals surface area contributed by atoms with Gasteiger partial charge in [0.05, 0.1) is 0 Å². The van der Waals surface area contributed by atoms with Gasteiger partial charge in [-0.2, -0.15) is 0 Å². The average Bonchev–Trinajstić information content (AvgIpc) is 2.62. The molecule has 0 radical (unpaired) electrons. The molecule has 0 atom stereocenters. The number of benzene rings is 2. The number of nitrogens with zero attached hydrogens (tertiary/aromatic N) is 2. The fourth-order valence-electron chi connectivity index (χ4n) is 3.11. The fourth-order valence-corrected chi connectivity index (χ4v) is 3.30. The van der Waals surface area contributed by atoms with Crippen molar-refractivity contribution in [2.45, 2.75) is 6.92 Å². The zero-order valence-corrected chi connectivity index (χ0v) is 15.3. The molecule has 3 rings (SSSR count). The molecule has 1 amide bonds. The molecule has 1 heterocycles. The van der Waals surface area contributed by atoms with Crippen LogP contribution in [-0.4, -0.2) is 50.1 Å². The number of carbonyl (C=O) groups excluding carboxylic acids is 1.